The minimum atomic E-state index is 0.536. The number of rotatable bonds is 5. The summed E-state index contributed by atoms with van der Waals surface area (Å²) in [7, 11) is 1.77. The molecule has 0 saturated carbocycles. The van der Waals surface area contributed by atoms with E-state index >= 15 is 0 Å². The molecular weight excluding hydrogens is 336 g/mol. The van der Waals surface area contributed by atoms with Crippen LogP contribution in [0.5, 0.6) is 11.6 Å². The quantitative estimate of drug-likeness (QED) is 0.561. The van der Waals surface area contributed by atoms with Gasteiger partial charge in [0, 0.05) is 19.3 Å². The second kappa shape index (κ2) is 6.70. The lowest BCUT2D eigenvalue weighted by Crippen LogP contribution is -1.99. The molecule has 1 aromatic carbocycles. The van der Waals surface area contributed by atoms with E-state index in [2.05, 4.69) is 30.6 Å². The first-order valence-electron chi connectivity index (χ1n) is 7.58. The lowest BCUT2D eigenvalue weighted by atomic mass is 10.3. The highest BCUT2D eigenvalue weighted by molar-refractivity contribution is 7.21. The lowest BCUT2D eigenvalue weighted by molar-refractivity contribution is 0.465. The van der Waals surface area contributed by atoms with Crippen LogP contribution in [0, 0.1) is 0 Å². The average Bonchev–Trinajstić information content (AvgIpc) is 3.04. The van der Waals surface area contributed by atoms with Gasteiger partial charge in [-0.25, -0.2) is 15.0 Å². The van der Waals surface area contributed by atoms with E-state index in [1.807, 2.05) is 42.5 Å². The normalized spacial score (nSPS) is 10.6. The summed E-state index contributed by atoms with van der Waals surface area (Å²) in [5.41, 5.74) is 0.802. The van der Waals surface area contributed by atoms with E-state index in [0.29, 0.717) is 22.8 Å². The lowest BCUT2D eigenvalue weighted by Gasteiger charge is -2.03. The summed E-state index contributed by atoms with van der Waals surface area (Å²) < 4.78 is 5.76. The van der Waals surface area contributed by atoms with Crippen molar-refractivity contribution in [1.82, 2.24) is 19.9 Å². The van der Waals surface area contributed by atoms with Crippen LogP contribution >= 0.6 is 11.3 Å². The molecule has 4 rings (SSSR count). The number of thiazole rings is 1. The number of nitrogens with one attached hydrogen (secondary N) is 2. The van der Waals surface area contributed by atoms with Crippen molar-refractivity contribution in [2.24, 2.45) is 0 Å². The second-order valence-corrected chi connectivity index (χ2v) is 6.03. The fourth-order valence-electron chi connectivity index (χ4n) is 2.18. The van der Waals surface area contributed by atoms with E-state index < -0.39 is 0 Å². The van der Waals surface area contributed by atoms with Gasteiger partial charge in [0.1, 0.15) is 21.9 Å². The van der Waals surface area contributed by atoms with Crippen LogP contribution in [0.3, 0.4) is 0 Å². The zero-order valence-electron chi connectivity index (χ0n) is 13.3. The minimum absolute atomic E-state index is 0.536. The molecule has 0 atom stereocenters. The van der Waals surface area contributed by atoms with Crippen molar-refractivity contribution in [2.45, 2.75) is 0 Å². The highest BCUT2D eigenvalue weighted by Crippen LogP contribution is 2.29. The Bertz CT molecular complexity index is 1000. The smallest absolute Gasteiger partial charge is 0.224 e. The van der Waals surface area contributed by atoms with Gasteiger partial charge in [-0.2, -0.15) is 4.98 Å². The highest BCUT2D eigenvalue weighted by Gasteiger charge is 2.08. The first-order chi connectivity index (χ1) is 12.3. The van der Waals surface area contributed by atoms with Crippen molar-refractivity contribution in [3.05, 3.63) is 54.7 Å². The fraction of sp³-hybridized carbons (Fsp3) is 0.0588. The Hall–Kier alpha value is -3.26. The van der Waals surface area contributed by atoms with Crippen LogP contribution in [-0.2, 0) is 0 Å². The number of pyridine rings is 1. The Morgan fingerprint density at radius 1 is 0.960 bits per heavy atom. The van der Waals surface area contributed by atoms with E-state index in [1.165, 1.54) is 11.3 Å². The van der Waals surface area contributed by atoms with Gasteiger partial charge < -0.3 is 15.4 Å². The molecule has 0 saturated heterocycles. The molecule has 2 N–H and O–H groups in total. The van der Waals surface area contributed by atoms with E-state index in [9.17, 15) is 0 Å². The average molecular weight is 350 g/mol. The number of fused-ring (bicyclic) bond motifs is 1. The van der Waals surface area contributed by atoms with Gasteiger partial charge in [0.05, 0.1) is 0 Å². The highest BCUT2D eigenvalue weighted by atomic mass is 32.1. The summed E-state index contributed by atoms with van der Waals surface area (Å²) in [5, 5.41) is 6.78. The maximum absolute atomic E-state index is 5.76. The molecule has 4 aromatic rings. The van der Waals surface area contributed by atoms with Gasteiger partial charge >= 0.3 is 0 Å². The van der Waals surface area contributed by atoms with Crippen LogP contribution in [-0.4, -0.2) is 27.0 Å². The molecule has 3 heterocycles. The Balaban J connectivity index is 1.57. The van der Waals surface area contributed by atoms with E-state index in [0.717, 1.165) is 16.1 Å². The molecule has 25 heavy (non-hydrogen) atoms. The molecule has 0 spiro atoms. The van der Waals surface area contributed by atoms with E-state index in [1.54, 1.807) is 19.3 Å². The molecule has 0 aliphatic heterocycles. The monoisotopic (exact) mass is 350 g/mol. The predicted octanol–water partition coefficient (Wildman–Crippen LogP) is 4.06. The molecule has 0 aliphatic carbocycles. The van der Waals surface area contributed by atoms with Crippen molar-refractivity contribution in [3.63, 3.8) is 0 Å². The van der Waals surface area contributed by atoms with Crippen molar-refractivity contribution < 1.29 is 4.74 Å². The Labute approximate surface area is 147 Å². The third-order valence-electron chi connectivity index (χ3n) is 3.31. The minimum Gasteiger partial charge on any atom is -0.439 e. The number of hydrogen-bond acceptors (Lipinski definition) is 8. The van der Waals surface area contributed by atoms with E-state index in [-0.39, 0.29) is 0 Å². The first kappa shape index (κ1) is 15.3. The number of anilines is 3. The zero-order chi connectivity index (χ0) is 17.1. The molecule has 124 valence electrons. The second-order valence-electron chi connectivity index (χ2n) is 5.05. The topological polar surface area (TPSA) is 84.9 Å². The van der Waals surface area contributed by atoms with Crippen LogP contribution in [0.1, 0.15) is 0 Å². The van der Waals surface area contributed by atoms with Gasteiger partial charge in [-0.3, -0.25) is 0 Å². The number of benzene rings is 1. The molecule has 0 bridgehead atoms. The molecule has 0 fully saturated rings. The van der Waals surface area contributed by atoms with Gasteiger partial charge in [0.15, 0.2) is 5.13 Å². The van der Waals surface area contributed by atoms with Crippen LogP contribution in [0.4, 0.5) is 16.9 Å². The van der Waals surface area contributed by atoms with Gasteiger partial charge in [-0.05, 0) is 24.3 Å². The molecule has 8 heteroatoms. The molecule has 0 amide bonds. The number of ether oxygens (including phenoxy) is 1. The number of hydrogen-bond donors (Lipinski definition) is 2. The van der Waals surface area contributed by atoms with Gasteiger partial charge in [0.2, 0.25) is 11.8 Å². The van der Waals surface area contributed by atoms with Gasteiger partial charge in [0.25, 0.3) is 0 Å². The fourth-order valence-corrected chi connectivity index (χ4v) is 3.01. The maximum Gasteiger partial charge on any atom is 0.224 e. The molecule has 0 aliphatic rings. The van der Waals surface area contributed by atoms with Crippen molar-refractivity contribution in [1.29, 1.82) is 0 Å². The summed E-state index contributed by atoms with van der Waals surface area (Å²) in [6.45, 7) is 0. The Kier molecular flexibility index (Phi) is 4.09. The third-order valence-corrected chi connectivity index (χ3v) is 4.19. The molecule has 0 unspecified atom stereocenters. The summed E-state index contributed by atoms with van der Waals surface area (Å²) in [6.07, 6.45) is 1.68. The third kappa shape index (κ3) is 3.48. The van der Waals surface area contributed by atoms with E-state index in [4.69, 9.17) is 4.74 Å². The van der Waals surface area contributed by atoms with Crippen LogP contribution in [0.15, 0.2) is 54.7 Å². The van der Waals surface area contributed by atoms with Crippen molar-refractivity contribution in [3.8, 4) is 11.6 Å². The zero-order valence-corrected chi connectivity index (χ0v) is 14.1. The molecule has 7 nitrogen and oxygen atoms in total. The number of para-hydroxylation sites is 1. The van der Waals surface area contributed by atoms with Crippen LogP contribution in [0.25, 0.3) is 10.3 Å². The molecule has 3 aromatic heterocycles. The first-order valence-corrected chi connectivity index (χ1v) is 8.40. The summed E-state index contributed by atoms with van der Waals surface area (Å²) in [6, 6.07) is 15.0. The Morgan fingerprint density at radius 2 is 1.84 bits per heavy atom. The van der Waals surface area contributed by atoms with Crippen molar-refractivity contribution >= 4 is 38.6 Å². The Morgan fingerprint density at radius 3 is 2.68 bits per heavy atom. The summed E-state index contributed by atoms with van der Waals surface area (Å²) >= 11 is 1.44. The van der Waals surface area contributed by atoms with Gasteiger partial charge in [-0.15, -0.1) is 0 Å². The maximum atomic E-state index is 5.76. The molecular formula is C17H14N6OS. The summed E-state index contributed by atoms with van der Waals surface area (Å²) in [4.78, 5) is 18.2. The predicted molar refractivity (Wildman–Crippen MR) is 98.8 cm³/mol. The number of aromatic nitrogens is 4. The molecule has 0 radical (unpaired) electrons. The van der Waals surface area contributed by atoms with Crippen molar-refractivity contribution in [2.75, 3.05) is 17.7 Å². The number of nitrogens with zero attached hydrogens (tertiary/aromatic N) is 4. The van der Waals surface area contributed by atoms with Crippen LogP contribution in [0.2, 0.25) is 0 Å². The van der Waals surface area contributed by atoms with Gasteiger partial charge in [-0.1, -0.05) is 29.5 Å². The van der Waals surface area contributed by atoms with Crippen LogP contribution < -0.4 is 15.4 Å². The SMILES string of the molecule is CNc1nccc(Nc2nc3ccc(Oc4ccccc4)nc3s2)n1. The summed E-state index contributed by atoms with van der Waals surface area (Å²) in [5.74, 6) is 2.49. The standard InChI is InChI=1S/C17H14N6OS/c1-18-16-19-10-9-13(21-16)22-17-20-12-7-8-14(23-15(12)25-17)24-11-5-3-2-4-6-11/h2-10H,1H3,(H2,18,19,20,21,22). The largest absolute Gasteiger partial charge is 0.439 e.